The number of hydrogen-bond donors (Lipinski definition) is 0. The number of ether oxygens (including phenoxy) is 1. The summed E-state index contributed by atoms with van der Waals surface area (Å²) in [6, 6.07) is 0. The molecular formula is C16H23F3N2O3. The lowest BCUT2D eigenvalue weighted by atomic mass is 10.1. The lowest BCUT2D eigenvalue weighted by Crippen LogP contribution is -2.50. The number of halogens is 3. The van der Waals surface area contributed by atoms with Crippen molar-refractivity contribution in [3.05, 3.63) is 0 Å². The highest BCUT2D eigenvalue weighted by Crippen LogP contribution is 2.57. The van der Waals surface area contributed by atoms with Crippen LogP contribution in [0.25, 0.3) is 0 Å². The van der Waals surface area contributed by atoms with Crippen molar-refractivity contribution in [1.82, 2.24) is 9.80 Å². The van der Waals surface area contributed by atoms with Gasteiger partial charge in [-0.2, -0.15) is 13.2 Å². The van der Waals surface area contributed by atoms with Crippen LogP contribution in [0.5, 0.6) is 0 Å². The molecule has 2 saturated carbocycles. The van der Waals surface area contributed by atoms with E-state index in [0.29, 0.717) is 13.1 Å². The van der Waals surface area contributed by atoms with E-state index >= 15 is 0 Å². The number of nitrogens with zero attached hydrogens (tertiary/aromatic N) is 2. The van der Waals surface area contributed by atoms with E-state index in [1.807, 2.05) is 0 Å². The Morgan fingerprint density at radius 3 is 2.00 bits per heavy atom. The smallest absolute Gasteiger partial charge is 0.411 e. The first-order chi connectivity index (χ1) is 10.9. The molecule has 3 rings (SSSR count). The summed E-state index contributed by atoms with van der Waals surface area (Å²) in [7, 11) is 1.25. The van der Waals surface area contributed by atoms with Crippen molar-refractivity contribution in [2.45, 2.75) is 50.9 Å². The topological polar surface area (TPSA) is 49.9 Å². The van der Waals surface area contributed by atoms with Crippen LogP contribution >= 0.6 is 0 Å². The Balaban J connectivity index is 1.56. The second-order valence-corrected chi connectivity index (χ2v) is 8.17. The summed E-state index contributed by atoms with van der Waals surface area (Å²) in [5.74, 6) is -0.926. The first kappa shape index (κ1) is 17.4. The number of fused-ring (bicyclic) bond motifs is 1. The average molecular weight is 348 g/mol. The van der Waals surface area contributed by atoms with Gasteiger partial charge in [0.2, 0.25) is 5.91 Å². The number of piperidine rings is 1. The van der Waals surface area contributed by atoms with Crippen molar-refractivity contribution in [3.63, 3.8) is 0 Å². The van der Waals surface area contributed by atoms with E-state index < -0.39 is 35.2 Å². The normalized spacial score (nSPS) is 30.6. The minimum Gasteiger partial charge on any atom is -0.444 e. The minimum absolute atomic E-state index is 0.0230. The molecule has 0 radical (unpaired) electrons. The third-order valence-electron chi connectivity index (χ3n) is 5.35. The summed E-state index contributed by atoms with van der Waals surface area (Å²) in [6.45, 7) is 6.07. The predicted octanol–water partition coefficient (Wildman–Crippen LogP) is 2.65. The average Bonchev–Trinajstić information content (AvgIpc) is 3.31. The highest BCUT2D eigenvalue weighted by Gasteiger charge is 2.70. The van der Waals surface area contributed by atoms with Crippen molar-refractivity contribution in [3.8, 4) is 0 Å². The fourth-order valence-electron chi connectivity index (χ4n) is 3.73. The maximum atomic E-state index is 13.1. The molecule has 24 heavy (non-hydrogen) atoms. The van der Waals surface area contributed by atoms with Gasteiger partial charge < -0.3 is 14.5 Å². The van der Waals surface area contributed by atoms with Gasteiger partial charge in [0, 0.05) is 26.1 Å². The van der Waals surface area contributed by atoms with Crippen molar-refractivity contribution < 1.29 is 27.5 Å². The van der Waals surface area contributed by atoms with E-state index in [4.69, 9.17) is 4.74 Å². The van der Waals surface area contributed by atoms with Crippen LogP contribution in [-0.4, -0.2) is 59.3 Å². The molecule has 5 nitrogen and oxygen atoms in total. The van der Waals surface area contributed by atoms with Crippen LogP contribution in [0.3, 0.4) is 0 Å². The number of alkyl halides is 3. The zero-order valence-electron chi connectivity index (χ0n) is 14.3. The second-order valence-electron chi connectivity index (χ2n) is 8.17. The van der Waals surface area contributed by atoms with Crippen LogP contribution < -0.4 is 0 Å². The van der Waals surface area contributed by atoms with E-state index in [0.717, 1.165) is 4.90 Å². The molecule has 2 atom stereocenters. The molecule has 0 bridgehead atoms. The summed E-state index contributed by atoms with van der Waals surface area (Å²) >= 11 is 0. The van der Waals surface area contributed by atoms with Crippen molar-refractivity contribution in [2.24, 2.45) is 17.8 Å². The zero-order chi connectivity index (χ0) is 18.1. The lowest BCUT2D eigenvalue weighted by Gasteiger charge is -2.31. The number of carbonyl (C=O) groups excluding carboxylic acids is 2. The molecule has 1 saturated heterocycles. The molecule has 0 aromatic heterocycles. The van der Waals surface area contributed by atoms with Crippen molar-refractivity contribution in [2.75, 3.05) is 20.1 Å². The molecule has 1 heterocycles. The quantitative estimate of drug-likeness (QED) is 0.771. The molecule has 8 heteroatoms. The molecule has 0 aromatic carbocycles. The highest BCUT2D eigenvalue weighted by molar-refractivity contribution is 5.84. The molecule has 136 valence electrons. The van der Waals surface area contributed by atoms with Gasteiger partial charge in [-0.05, 0) is 45.4 Å². The Kier molecular flexibility index (Phi) is 3.63. The second kappa shape index (κ2) is 5.02. The number of likely N-dealkylation sites (tertiary alicyclic amines) is 1. The van der Waals surface area contributed by atoms with Gasteiger partial charge in [-0.1, -0.05) is 0 Å². The van der Waals surface area contributed by atoms with Gasteiger partial charge in [0.05, 0.1) is 0 Å². The van der Waals surface area contributed by atoms with Gasteiger partial charge in [-0.25, -0.2) is 4.79 Å². The summed E-state index contributed by atoms with van der Waals surface area (Å²) in [4.78, 5) is 26.9. The van der Waals surface area contributed by atoms with Crippen LogP contribution in [0.15, 0.2) is 0 Å². The third kappa shape index (κ3) is 2.73. The summed E-state index contributed by atoms with van der Waals surface area (Å²) in [6.07, 6.45) is -4.86. The van der Waals surface area contributed by atoms with Crippen LogP contribution in [0.1, 0.15) is 33.6 Å². The molecule has 1 aliphatic heterocycles. The molecule has 0 N–H and O–H groups in total. The monoisotopic (exact) mass is 348 g/mol. The minimum atomic E-state index is -4.38. The maximum absolute atomic E-state index is 13.1. The van der Waals surface area contributed by atoms with E-state index in [1.165, 1.54) is 7.05 Å². The van der Waals surface area contributed by atoms with Crippen LogP contribution in [0, 0.1) is 17.8 Å². The summed E-state index contributed by atoms with van der Waals surface area (Å²) in [5.41, 5.74) is -2.56. The highest BCUT2D eigenvalue weighted by atomic mass is 19.4. The van der Waals surface area contributed by atoms with Crippen LogP contribution in [0.2, 0.25) is 0 Å². The Bertz CT molecular complexity index is 554. The fourth-order valence-corrected chi connectivity index (χ4v) is 3.73. The van der Waals surface area contributed by atoms with E-state index in [1.54, 1.807) is 25.7 Å². The Hall–Kier alpha value is -1.47. The van der Waals surface area contributed by atoms with Crippen molar-refractivity contribution in [1.29, 1.82) is 0 Å². The fraction of sp³-hybridized carbons (Fsp3) is 0.875. The Labute approximate surface area is 139 Å². The molecule has 0 aromatic rings. The molecule has 2 aliphatic carbocycles. The van der Waals surface area contributed by atoms with Gasteiger partial charge in [-0.15, -0.1) is 0 Å². The number of amides is 2. The molecule has 3 aliphatic rings. The van der Waals surface area contributed by atoms with Gasteiger partial charge in [0.15, 0.2) is 0 Å². The maximum Gasteiger partial charge on any atom is 0.411 e. The Morgan fingerprint density at radius 1 is 1.12 bits per heavy atom. The molecule has 2 unspecified atom stereocenters. The number of carbonyl (C=O) groups is 2. The molecule has 3 fully saturated rings. The van der Waals surface area contributed by atoms with Gasteiger partial charge in [-0.3, -0.25) is 4.79 Å². The molecular weight excluding hydrogens is 325 g/mol. The molecule has 0 spiro atoms. The van der Waals surface area contributed by atoms with Crippen molar-refractivity contribution >= 4 is 12.0 Å². The third-order valence-corrected chi connectivity index (χ3v) is 5.35. The number of rotatable bonds is 2. The largest absolute Gasteiger partial charge is 0.444 e. The predicted molar refractivity (Wildman–Crippen MR) is 79.1 cm³/mol. The van der Waals surface area contributed by atoms with Crippen LogP contribution in [-0.2, 0) is 9.53 Å². The standard InChI is InChI=1S/C16H23F3N2O3/c1-14(2,3)24-13(23)21-7-9-10(8-21)11(9)12(22)20(4)15(5-6-15)16(17,18)19/h9-11H,5-8H2,1-4H3. The van der Waals surface area contributed by atoms with Crippen LogP contribution in [0.4, 0.5) is 18.0 Å². The Morgan fingerprint density at radius 2 is 1.62 bits per heavy atom. The SMILES string of the molecule is CN(C(=O)C1C2CN(C(=O)OC(C)(C)C)CC21)C1(C(F)(F)F)CC1. The number of hydrogen-bond acceptors (Lipinski definition) is 3. The summed E-state index contributed by atoms with van der Waals surface area (Å²) in [5, 5.41) is 0. The van der Waals surface area contributed by atoms with Gasteiger partial charge >= 0.3 is 12.3 Å². The van der Waals surface area contributed by atoms with E-state index in [9.17, 15) is 22.8 Å². The van der Waals surface area contributed by atoms with Gasteiger partial charge in [0.25, 0.3) is 0 Å². The van der Waals surface area contributed by atoms with E-state index in [2.05, 4.69) is 0 Å². The molecule has 2 amide bonds. The summed E-state index contributed by atoms with van der Waals surface area (Å²) < 4.78 is 44.7. The zero-order valence-corrected chi connectivity index (χ0v) is 14.3. The van der Waals surface area contributed by atoms with E-state index in [-0.39, 0.29) is 24.7 Å². The lowest BCUT2D eigenvalue weighted by molar-refractivity contribution is -0.197. The first-order valence-corrected chi connectivity index (χ1v) is 8.20. The van der Waals surface area contributed by atoms with Gasteiger partial charge in [0.1, 0.15) is 11.1 Å². The first-order valence-electron chi connectivity index (χ1n) is 8.20.